The van der Waals surface area contributed by atoms with E-state index in [1.807, 2.05) is 42.5 Å². The molecule has 124 valence electrons. The second-order valence-corrected chi connectivity index (χ2v) is 5.78. The van der Waals surface area contributed by atoms with E-state index in [0.29, 0.717) is 25.7 Å². The molecule has 0 spiro atoms. The van der Waals surface area contributed by atoms with E-state index in [0.717, 1.165) is 16.3 Å². The molecule has 0 heterocycles. The van der Waals surface area contributed by atoms with E-state index in [1.54, 1.807) is 0 Å². The summed E-state index contributed by atoms with van der Waals surface area (Å²) in [6, 6.07) is 15.2. The summed E-state index contributed by atoms with van der Waals surface area (Å²) in [7, 11) is 0. The molecule has 0 aliphatic heterocycles. The molecule has 0 fully saturated rings. The lowest BCUT2D eigenvalue weighted by molar-refractivity contribution is -0.127. The van der Waals surface area contributed by atoms with Crippen LogP contribution in [0.5, 0.6) is 0 Å². The average Bonchev–Trinajstić information content (AvgIpc) is 2.57. The maximum absolute atomic E-state index is 12.2. The van der Waals surface area contributed by atoms with Crippen molar-refractivity contribution >= 4 is 22.6 Å². The van der Waals surface area contributed by atoms with Crippen LogP contribution < -0.4 is 11.1 Å². The number of hydrogen-bond donors (Lipinski definition) is 2. The molecule has 0 unspecified atom stereocenters. The first-order valence-electron chi connectivity index (χ1n) is 8.03. The van der Waals surface area contributed by atoms with E-state index in [2.05, 4.69) is 11.4 Å². The van der Waals surface area contributed by atoms with Gasteiger partial charge < -0.3 is 11.1 Å². The summed E-state index contributed by atoms with van der Waals surface area (Å²) in [5, 5.41) is 13.4. The minimum absolute atomic E-state index is 0.201. The molecule has 24 heavy (non-hydrogen) atoms. The Morgan fingerprint density at radius 2 is 1.88 bits per heavy atom. The van der Waals surface area contributed by atoms with Crippen LogP contribution >= 0.6 is 0 Å². The van der Waals surface area contributed by atoms with E-state index < -0.39 is 11.9 Å². The second kappa shape index (κ2) is 8.68. The van der Waals surface area contributed by atoms with Gasteiger partial charge in [0.25, 0.3) is 0 Å². The lowest BCUT2D eigenvalue weighted by atomic mass is 10.0. The number of carbonyl (C=O) groups excluding carboxylic acids is 2. The van der Waals surface area contributed by atoms with Gasteiger partial charge in [-0.3, -0.25) is 9.59 Å². The number of amides is 2. The first-order valence-corrected chi connectivity index (χ1v) is 8.03. The largest absolute Gasteiger partial charge is 0.368 e. The van der Waals surface area contributed by atoms with E-state index in [4.69, 9.17) is 11.0 Å². The highest BCUT2D eigenvalue weighted by molar-refractivity contribution is 5.88. The molecule has 2 amide bonds. The lowest BCUT2D eigenvalue weighted by Gasteiger charge is -2.15. The summed E-state index contributed by atoms with van der Waals surface area (Å²) >= 11 is 0. The number of benzene rings is 2. The summed E-state index contributed by atoms with van der Waals surface area (Å²) < 4.78 is 0. The van der Waals surface area contributed by atoms with E-state index in [1.165, 1.54) is 0 Å². The molecule has 0 radical (unpaired) electrons. The van der Waals surface area contributed by atoms with Crippen LogP contribution in [0.3, 0.4) is 0 Å². The number of nitrogens with two attached hydrogens (primary N) is 1. The number of nitrogens with one attached hydrogen (secondary N) is 1. The van der Waals surface area contributed by atoms with Crippen LogP contribution in [0.15, 0.2) is 42.5 Å². The van der Waals surface area contributed by atoms with Crippen LogP contribution in [-0.4, -0.2) is 17.9 Å². The standard InChI is InChI=1S/C19H21N3O2/c20-11-5-1-2-8-17(19(21)24)22-18(23)13-14-9-10-15-6-3-4-7-16(15)12-14/h3-4,6-7,9-10,12,17H,1-2,5,8,13H2,(H2,21,24)(H,22,23)/t17-/m0/s1. The predicted octanol–water partition coefficient (Wildman–Crippen LogP) is 2.44. The third kappa shape index (κ3) is 5.10. The highest BCUT2D eigenvalue weighted by Gasteiger charge is 2.17. The lowest BCUT2D eigenvalue weighted by Crippen LogP contribution is -2.44. The first kappa shape index (κ1) is 17.5. The monoisotopic (exact) mass is 323 g/mol. The predicted molar refractivity (Wildman–Crippen MR) is 92.9 cm³/mol. The molecule has 2 rings (SSSR count). The van der Waals surface area contributed by atoms with E-state index >= 15 is 0 Å². The molecule has 2 aromatic rings. The van der Waals surface area contributed by atoms with Crippen LogP contribution in [0.25, 0.3) is 10.8 Å². The topological polar surface area (TPSA) is 96.0 Å². The molecule has 0 aliphatic carbocycles. The summed E-state index contributed by atoms with van der Waals surface area (Å²) in [6.07, 6.45) is 2.47. The minimum Gasteiger partial charge on any atom is -0.368 e. The van der Waals surface area contributed by atoms with Crippen molar-refractivity contribution in [3.63, 3.8) is 0 Å². The minimum atomic E-state index is -0.684. The zero-order valence-electron chi connectivity index (χ0n) is 13.5. The van der Waals surface area contributed by atoms with Crippen LogP contribution in [0.4, 0.5) is 0 Å². The van der Waals surface area contributed by atoms with Crippen LogP contribution in [0, 0.1) is 11.3 Å². The second-order valence-electron chi connectivity index (χ2n) is 5.78. The molecule has 0 aromatic heterocycles. The maximum Gasteiger partial charge on any atom is 0.239 e. The summed E-state index contributed by atoms with van der Waals surface area (Å²) in [5.74, 6) is -0.770. The Kier molecular flexibility index (Phi) is 6.32. The third-order valence-electron chi connectivity index (χ3n) is 3.89. The number of rotatable bonds is 8. The van der Waals surface area contributed by atoms with Crippen molar-refractivity contribution in [2.75, 3.05) is 0 Å². The third-order valence-corrected chi connectivity index (χ3v) is 3.89. The summed E-state index contributed by atoms with van der Waals surface area (Å²) in [6.45, 7) is 0. The van der Waals surface area contributed by atoms with Crippen molar-refractivity contribution in [2.24, 2.45) is 5.73 Å². The van der Waals surface area contributed by atoms with Crippen LogP contribution in [-0.2, 0) is 16.0 Å². The van der Waals surface area contributed by atoms with Crippen molar-refractivity contribution in [3.05, 3.63) is 48.0 Å². The van der Waals surface area contributed by atoms with Gasteiger partial charge in [0.05, 0.1) is 12.5 Å². The SMILES string of the molecule is N#CCCCC[C@H](NC(=O)Cc1ccc2ccccc2c1)C(N)=O. The zero-order chi connectivity index (χ0) is 17.4. The molecular formula is C19H21N3O2. The molecule has 5 heteroatoms. The van der Waals surface area contributed by atoms with Crippen molar-refractivity contribution in [3.8, 4) is 6.07 Å². The first-order chi connectivity index (χ1) is 11.6. The van der Waals surface area contributed by atoms with Crippen molar-refractivity contribution in [1.29, 1.82) is 5.26 Å². The zero-order valence-corrected chi connectivity index (χ0v) is 13.5. The van der Waals surface area contributed by atoms with E-state index in [-0.39, 0.29) is 12.3 Å². The Bertz CT molecular complexity index is 765. The van der Waals surface area contributed by atoms with Gasteiger partial charge >= 0.3 is 0 Å². The molecule has 0 saturated carbocycles. The molecule has 3 N–H and O–H groups in total. The Balaban J connectivity index is 1.94. The Morgan fingerprint density at radius 3 is 2.58 bits per heavy atom. The highest BCUT2D eigenvalue weighted by Crippen LogP contribution is 2.16. The fourth-order valence-electron chi connectivity index (χ4n) is 2.62. The smallest absolute Gasteiger partial charge is 0.239 e. The van der Waals surface area contributed by atoms with Gasteiger partial charge in [0.2, 0.25) is 11.8 Å². The quantitative estimate of drug-likeness (QED) is 0.730. The highest BCUT2D eigenvalue weighted by atomic mass is 16.2. The van der Waals surface area contributed by atoms with Crippen molar-refractivity contribution in [1.82, 2.24) is 5.32 Å². The van der Waals surface area contributed by atoms with Gasteiger partial charge in [-0.25, -0.2) is 0 Å². The maximum atomic E-state index is 12.2. The number of hydrogen-bond acceptors (Lipinski definition) is 3. The van der Waals surface area contributed by atoms with Gasteiger partial charge in [-0.1, -0.05) is 42.5 Å². The van der Waals surface area contributed by atoms with Gasteiger partial charge in [0, 0.05) is 6.42 Å². The molecule has 1 atom stereocenters. The average molecular weight is 323 g/mol. The van der Waals surface area contributed by atoms with E-state index in [9.17, 15) is 9.59 Å². The number of nitriles is 1. The molecule has 0 aliphatic rings. The van der Waals surface area contributed by atoms with Gasteiger partial charge in [-0.15, -0.1) is 0 Å². The van der Waals surface area contributed by atoms with Gasteiger partial charge in [0.15, 0.2) is 0 Å². The molecule has 2 aromatic carbocycles. The molecule has 0 bridgehead atoms. The Hall–Kier alpha value is -2.87. The number of fused-ring (bicyclic) bond motifs is 1. The summed E-state index contributed by atoms with van der Waals surface area (Å²) in [5.41, 5.74) is 6.24. The van der Waals surface area contributed by atoms with Crippen LogP contribution in [0.2, 0.25) is 0 Å². The number of primary amides is 1. The molecular weight excluding hydrogens is 302 g/mol. The normalized spacial score (nSPS) is 11.6. The Labute approximate surface area is 141 Å². The number of carbonyl (C=O) groups is 2. The number of nitrogens with zero attached hydrogens (tertiary/aromatic N) is 1. The van der Waals surface area contributed by atoms with Gasteiger partial charge in [0.1, 0.15) is 6.04 Å². The number of unbranched alkanes of at least 4 members (excludes halogenated alkanes) is 2. The Morgan fingerprint density at radius 1 is 1.12 bits per heavy atom. The van der Waals surface area contributed by atoms with Gasteiger partial charge in [-0.05, 0) is 35.6 Å². The van der Waals surface area contributed by atoms with Gasteiger partial charge in [-0.2, -0.15) is 5.26 Å². The van der Waals surface area contributed by atoms with Crippen molar-refractivity contribution in [2.45, 2.75) is 38.1 Å². The molecule has 5 nitrogen and oxygen atoms in total. The van der Waals surface area contributed by atoms with Crippen LogP contribution in [0.1, 0.15) is 31.2 Å². The summed E-state index contributed by atoms with van der Waals surface area (Å²) in [4.78, 5) is 23.6. The van der Waals surface area contributed by atoms with Crippen molar-refractivity contribution < 1.29 is 9.59 Å². The fourth-order valence-corrected chi connectivity index (χ4v) is 2.62. The fraction of sp³-hybridized carbons (Fsp3) is 0.316. The molecule has 0 saturated heterocycles.